The largest absolute Gasteiger partial charge is 0.472 e. The third-order valence-electron chi connectivity index (χ3n) is 1.80. The molecule has 0 atom stereocenters. The first-order valence-electron chi connectivity index (χ1n) is 4.67. The third-order valence-corrected chi connectivity index (χ3v) is 1.80. The van der Waals surface area contributed by atoms with Crippen molar-refractivity contribution in [2.45, 2.75) is 6.92 Å². The van der Waals surface area contributed by atoms with E-state index in [9.17, 15) is 0 Å². The van der Waals surface area contributed by atoms with Crippen LogP contribution in [0.3, 0.4) is 0 Å². The standard InChI is InChI=1S/C10H11N4O/c1-2-15-10-9(12-3-4-13-10)14-7-5-11-6-8-14/h3-8H,2H2,1H3/q+1. The third kappa shape index (κ3) is 2.07. The Hall–Kier alpha value is -2.04. The highest BCUT2D eigenvalue weighted by Crippen LogP contribution is 2.09. The Labute approximate surface area is 87.4 Å². The number of hydrogen-bond acceptors (Lipinski definition) is 4. The van der Waals surface area contributed by atoms with Crippen LogP contribution in [0.2, 0.25) is 0 Å². The van der Waals surface area contributed by atoms with Gasteiger partial charge in [0.2, 0.25) is 0 Å². The lowest BCUT2D eigenvalue weighted by Crippen LogP contribution is -2.31. The van der Waals surface area contributed by atoms with Gasteiger partial charge < -0.3 is 4.74 Å². The van der Waals surface area contributed by atoms with Crippen molar-refractivity contribution in [1.29, 1.82) is 0 Å². The summed E-state index contributed by atoms with van der Waals surface area (Å²) in [6.07, 6.45) is 10.2. The Morgan fingerprint density at radius 2 is 1.87 bits per heavy atom. The molecule has 0 N–H and O–H groups in total. The van der Waals surface area contributed by atoms with Gasteiger partial charge in [-0.05, 0) is 11.9 Å². The van der Waals surface area contributed by atoms with Crippen LogP contribution in [-0.2, 0) is 0 Å². The van der Waals surface area contributed by atoms with Crippen LogP contribution < -0.4 is 9.30 Å². The van der Waals surface area contributed by atoms with Crippen LogP contribution in [0, 0.1) is 0 Å². The minimum atomic E-state index is 0.524. The zero-order valence-electron chi connectivity index (χ0n) is 8.37. The minimum absolute atomic E-state index is 0.524. The molecule has 2 aromatic heterocycles. The fourth-order valence-corrected chi connectivity index (χ4v) is 1.19. The van der Waals surface area contributed by atoms with Crippen molar-refractivity contribution in [1.82, 2.24) is 15.0 Å². The van der Waals surface area contributed by atoms with Crippen molar-refractivity contribution in [3.8, 4) is 11.7 Å². The predicted molar refractivity (Wildman–Crippen MR) is 52.5 cm³/mol. The number of hydrogen-bond donors (Lipinski definition) is 0. The van der Waals surface area contributed by atoms with Crippen LogP contribution >= 0.6 is 0 Å². The molecule has 0 fully saturated rings. The molecule has 0 aliphatic heterocycles. The Morgan fingerprint density at radius 1 is 1.13 bits per heavy atom. The molecule has 2 rings (SSSR count). The second-order valence-corrected chi connectivity index (χ2v) is 2.77. The first-order chi connectivity index (χ1) is 7.42. The molecule has 2 aromatic rings. The van der Waals surface area contributed by atoms with Gasteiger partial charge in [-0.1, -0.05) is 0 Å². The molecule has 0 saturated carbocycles. The molecule has 2 heterocycles. The van der Waals surface area contributed by atoms with Crippen LogP contribution in [-0.4, -0.2) is 21.6 Å². The number of nitrogens with zero attached hydrogens (tertiary/aromatic N) is 4. The molecule has 0 aliphatic rings. The zero-order valence-corrected chi connectivity index (χ0v) is 8.37. The lowest BCUT2D eigenvalue weighted by molar-refractivity contribution is -0.601. The number of aromatic nitrogens is 4. The Balaban J connectivity index is 2.43. The predicted octanol–water partition coefficient (Wildman–Crippen LogP) is 0.547. The smallest absolute Gasteiger partial charge is 0.390 e. The van der Waals surface area contributed by atoms with Gasteiger partial charge in [0.1, 0.15) is 12.4 Å². The quantitative estimate of drug-likeness (QED) is 0.683. The van der Waals surface area contributed by atoms with Crippen LogP contribution in [0.5, 0.6) is 5.88 Å². The molecule has 76 valence electrons. The molecule has 0 amide bonds. The van der Waals surface area contributed by atoms with Crippen molar-refractivity contribution in [3.63, 3.8) is 0 Å². The molecule has 0 spiro atoms. The summed E-state index contributed by atoms with van der Waals surface area (Å²) in [6, 6.07) is 0. The molecule has 0 bridgehead atoms. The summed E-state index contributed by atoms with van der Waals surface area (Å²) in [5.41, 5.74) is 0. The molecule has 0 aliphatic carbocycles. The van der Waals surface area contributed by atoms with Gasteiger partial charge in [-0.2, -0.15) is 4.57 Å². The van der Waals surface area contributed by atoms with Crippen molar-refractivity contribution in [3.05, 3.63) is 37.2 Å². The summed E-state index contributed by atoms with van der Waals surface area (Å²) in [7, 11) is 0. The average Bonchev–Trinajstić information content (AvgIpc) is 2.31. The van der Waals surface area contributed by atoms with Gasteiger partial charge in [0, 0.05) is 0 Å². The van der Waals surface area contributed by atoms with Crippen LogP contribution in [0.15, 0.2) is 37.2 Å². The van der Waals surface area contributed by atoms with E-state index in [2.05, 4.69) is 15.0 Å². The van der Waals surface area contributed by atoms with E-state index in [1.54, 1.807) is 37.2 Å². The van der Waals surface area contributed by atoms with Crippen molar-refractivity contribution in [2.75, 3.05) is 6.61 Å². The highest BCUT2D eigenvalue weighted by molar-refractivity contribution is 5.23. The Kier molecular flexibility index (Phi) is 2.82. The monoisotopic (exact) mass is 203 g/mol. The molecule has 0 radical (unpaired) electrons. The number of rotatable bonds is 3. The van der Waals surface area contributed by atoms with Gasteiger partial charge >= 0.3 is 11.7 Å². The van der Waals surface area contributed by atoms with E-state index in [1.807, 2.05) is 11.5 Å². The lowest BCUT2D eigenvalue weighted by atomic mass is 10.5. The summed E-state index contributed by atoms with van der Waals surface area (Å²) in [5.74, 6) is 1.19. The van der Waals surface area contributed by atoms with Crippen LogP contribution in [0.25, 0.3) is 5.82 Å². The fourth-order valence-electron chi connectivity index (χ4n) is 1.19. The summed E-state index contributed by atoms with van der Waals surface area (Å²) in [6.45, 7) is 2.48. The topological polar surface area (TPSA) is 51.8 Å². The molecule has 5 nitrogen and oxygen atoms in total. The summed E-state index contributed by atoms with van der Waals surface area (Å²) in [4.78, 5) is 12.3. The molecular formula is C10H11N4O+. The second-order valence-electron chi connectivity index (χ2n) is 2.77. The van der Waals surface area contributed by atoms with Crippen molar-refractivity contribution < 1.29 is 9.30 Å². The van der Waals surface area contributed by atoms with E-state index in [0.29, 0.717) is 18.3 Å². The molecule has 0 aromatic carbocycles. The normalized spacial score (nSPS) is 9.93. The molecule has 0 unspecified atom stereocenters. The van der Waals surface area contributed by atoms with Gasteiger partial charge in [-0.3, -0.25) is 4.98 Å². The number of ether oxygens (including phenoxy) is 1. The second kappa shape index (κ2) is 4.45. The molecule has 5 heteroatoms. The van der Waals surface area contributed by atoms with E-state index < -0.39 is 0 Å². The maximum Gasteiger partial charge on any atom is 0.390 e. The summed E-state index contributed by atoms with van der Waals surface area (Å²) in [5, 5.41) is 0. The van der Waals surface area contributed by atoms with E-state index in [4.69, 9.17) is 4.74 Å². The minimum Gasteiger partial charge on any atom is -0.472 e. The van der Waals surface area contributed by atoms with Crippen molar-refractivity contribution >= 4 is 0 Å². The fraction of sp³-hybridized carbons (Fsp3) is 0.200. The molecule has 15 heavy (non-hydrogen) atoms. The van der Waals surface area contributed by atoms with E-state index in [-0.39, 0.29) is 0 Å². The highest BCUT2D eigenvalue weighted by atomic mass is 16.5. The summed E-state index contributed by atoms with van der Waals surface area (Å²) < 4.78 is 7.19. The Morgan fingerprint density at radius 3 is 2.60 bits per heavy atom. The van der Waals surface area contributed by atoms with Gasteiger partial charge in [0.25, 0.3) is 0 Å². The zero-order chi connectivity index (χ0) is 10.5. The van der Waals surface area contributed by atoms with E-state index in [1.165, 1.54) is 0 Å². The van der Waals surface area contributed by atoms with Crippen LogP contribution in [0.1, 0.15) is 6.92 Å². The average molecular weight is 203 g/mol. The van der Waals surface area contributed by atoms with Gasteiger partial charge in [0.05, 0.1) is 25.2 Å². The molecule has 0 saturated heterocycles. The molecular weight excluding hydrogens is 192 g/mol. The first-order valence-corrected chi connectivity index (χ1v) is 4.67. The van der Waals surface area contributed by atoms with Crippen LogP contribution in [0.4, 0.5) is 0 Å². The van der Waals surface area contributed by atoms with Gasteiger partial charge in [-0.15, -0.1) is 0 Å². The van der Waals surface area contributed by atoms with E-state index in [0.717, 1.165) is 0 Å². The van der Waals surface area contributed by atoms with Gasteiger partial charge in [0.15, 0.2) is 6.20 Å². The SMILES string of the molecule is CCOc1nccnc1-[n+]1ccncc1. The maximum absolute atomic E-state index is 5.38. The van der Waals surface area contributed by atoms with E-state index >= 15 is 0 Å². The van der Waals surface area contributed by atoms with Crippen molar-refractivity contribution in [2.24, 2.45) is 0 Å². The maximum atomic E-state index is 5.38. The van der Waals surface area contributed by atoms with Gasteiger partial charge in [-0.25, -0.2) is 4.98 Å². The Bertz CT molecular complexity index is 432. The first kappa shape index (κ1) is 9.51. The highest BCUT2D eigenvalue weighted by Gasteiger charge is 2.16. The summed E-state index contributed by atoms with van der Waals surface area (Å²) >= 11 is 0. The lowest BCUT2D eigenvalue weighted by Gasteiger charge is -2.01.